The molecule has 0 bridgehead atoms. The highest BCUT2D eigenvalue weighted by atomic mass is 16.5. The topological polar surface area (TPSA) is 35.2 Å². The van der Waals surface area contributed by atoms with E-state index in [1.165, 1.54) is 31.2 Å². The van der Waals surface area contributed by atoms with Gasteiger partial charge in [0.1, 0.15) is 5.75 Å². The molecule has 1 aliphatic rings. The Hall–Kier alpha value is -1.02. The summed E-state index contributed by atoms with van der Waals surface area (Å²) in [5.74, 6) is 1.60. The second-order valence-electron chi connectivity index (χ2n) is 5.72. The molecule has 2 heteroatoms. The van der Waals surface area contributed by atoms with Crippen molar-refractivity contribution < 1.29 is 4.74 Å². The average Bonchev–Trinajstić information content (AvgIpc) is 2.53. The molecule has 2 N–H and O–H groups in total. The molecule has 1 aromatic carbocycles. The molecule has 1 fully saturated rings. The molecule has 1 aliphatic carbocycles. The first-order valence-corrected chi connectivity index (χ1v) is 7.17. The largest absolute Gasteiger partial charge is 0.491 e. The molecule has 0 radical (unpaired) electrons. The fourth-order valence-corrected chi connectivity index (χ4v) is 2.82. The van der Waals surface area contributed by atoms with Crippen LogP contribution in [0.2, 0.25) is 0 Å². The lowest BCUT2D eigenvalue weighted by Crippen LogP contribution is -2.20. The van der Waals surface area contributed by atoms with Crippen molar-refractivity contribution in [1.82, 2.24) is 0 Å². The van der Waals surface area contributed by atoms with Crippen LogP contribution in [0, 0.1) is 0 Å². The average molecular weight is 247 g/mol. The van der Waals surface area contributed by atoms with Gasteiger partial charge >= 0.3 is 0 Å². The Labute approximate surface area is 111 Å². The lowest BCUT2D eigenvalue weighted by atomic mass is 9.90. The van der Waals surface area contributed by atoms with Gasteiger partial charge in [-0.2, -0.15) is 0 Å². The smallest absolute Gasteiger partial charge is 0.119 e. The Morgan fingerprint density at radius 1 is 1.22 bits per heavy atom. The van der Waals surface area contributed by atoms with Gasteiger partial charge < -0.3 is 10.5 Å². The van der Waals surface area contributed by atoms with Crippen molar-refractivity contribution in [1.29, 1.82) is 0 Å². The quantitative estimate of drug-likeness (QED) is 0.823. The summed E-state index contributed by atoms with van der Waals surface area (Å²) in [5, 5.41) is 0. The summed E-state index contributed by atoms with van der Waals surface area (Å²) in [6.45, 7) is 4.13. The first-order chi connectivity index (χ1) is 8.65. The van der Waals surface area contributed by atoms with Gasteiger partial charge in [0.2, 0.25) is 0 Å². The van der Waals surface area contributed by atoms with Gasteiger partial charge in [-0.05, 0) is 56.7 Å². The van der Waals surface area contributed by atoms with Crippen LogP contribution in [0.15, 0.2) is 24.3 Å². The van der Waals surface area contributed by atoms with Crippen LogP contribution in [0.25, 0.3) is 0 Å². The van der Waals surface area contributed by atoms with Gasteiger partial charge in [0.05, 0.1) is 6.10 Å². The lowest BCUT2D eigenvalue weighted by Gasteiger charge is -2.19. The van der Waals surface area contributed by atoms with Crippen molar-refractivity contribution in [2.24, 2.45) is 5.73 Å². The van der Waals surface area contributed by atoms with Crippen molar-refractivity contribution in [2.45, 2.75) is 64.0 Å². The SMILES string of the molecule is CC(C)Oc1cccc(C2CCCCC(N)C2)c1. The van der Waals surface area contributed by atoms with Crippen molar-refractivity contribution in [3.8, 4) is 5.75 Å². The standard InChI is InChI=1S/C16H25NO/c1-12(2)18-16-9-5-7-14(11-16)13-6-3-4-8-15(17)10-13/h5,7,9,11-13,15H,3-4,6,8,10,17H2,1-2H3. The van der Waals surface area contributed by atoms with Crippen molar-refractivity contribution in [2.75, 3.05) is 0 Å². The molecule has 0 amide bonds. The van der Waals surface area contributed by atoms with E-state index >= 15 is 0 Å². The van der Waals surface area contributed by atoms with E-state index in [0.29, 0.717) is 12.0 Å². The van der Waals surface area contributed by atoms with Gasteiger partial charge in [-0.15, -0.1) is 0 Å². The van der Waals surface area contributed by atoms with Gasteiger partial charge in [-0.3, -0.25) is 0 Å². The van der Waals surface area contributed by atoms with Crippen LogP contribution in [0.1, 0.15) is 57.4 Å². The van der Waals surface area contributed by atoms with E-state index < -0.39 is 0 Å². The number of hydrogen-bond donors (Lipinski definition) is 1. The van der Waals surface area contributed by atoms with Gasteiger partial charge in [0, 0.05) is 6.04 Å². The van der Waals surface area contributed by atoms with E-state index in [0.717, 1.165) is 12.2 Å². The predicted octanol–water partition coefficient (Wildman–Crippen LogP) is 3.85. The Morgan fingerprint density at radius 2 is 2.00 bits per heavy atom. The van der Waals surface area contributed by atoms with E-state index in [1.807, 2.05) is 6.07 Å². The van der Waals surface area contributed by atoms with Crippen LogP contribution in [-0.4, -0.2) is 12.1 Å². The molecule has 1 aromatic rings. The summed E-state index contributed by atoms with van der Waals surface area (Å²) in [7, 11) is 0. The molecule has 100 valence electrons. The molecule has 0 saturated heterocycles. The second-order valence-corrected chi connectivity index (χ2v) is 5.72. The van der Waals surface area contributed by atoms with Crippen LogP contribution < -0.4 is 10.5 Å². The molecule has 0 heterocycles. The fourth-order valence-electron chi connectivity index (χ4n) is 2.82. The predicted molar refractivity (Wildman–Crippen MR) is 76.0 cm³/mol. The lowest BCUT2D eigenvalue weighted by molar-refractivity contribution is 0.242. The minimum atomic E-state index is 0.233. The molecule has 1 saturated carbocycles. The Morgan fingerprint density at radius 3 is 2.78 bits per heavy atom. The molecule has 18 heavy (non-hydrogen) atoms. The number of benzene rings is 1. The maximum absolute atomic E-state index is 6.15. The van der Waals surface area contributed by atoms with Crippen LogP contribution in [0.4, 0.5) is 0 Å². The third-order valence-electron chi connectivity index (χ3n) is 3.67. The summed E-state index contributed by atoms with van der Waals surface area (Å²) in [6.07, 6.45) is 6.37. The van der Waals surface area contributed by atoms with Crippen LogP contribution in [0.3, 0.4) is 0 Å². The normalized spacial score (nSPS) is 24.9. The highest BCUT2D eigenvalue weighted by molar-refractivity contribution is 5.31. The van der Waals surface area contributed by atoms with E-state index in [1.54, 1.807) is 0 Å². The molecular weight excluding hydrogens is 222 g/mol. The molecule has 0 aromatic heterocycles. The third kappa shape index (κ3) is 3.74. The summed E-state index contributed by atoms with van der Waals surface area (Å²) in [6, 6.07) is 8.93. The first-order valence-electron chi connectivity index (χ1n) is 7.17. The van der Waals surface area contributed by atoms with Gasteiger partial charge in [0.15, 0.2) is 0 Å². The molecule has 2 nitrogen and oxygen atoms in total. The van der Waals surface area contributed by atoms with Crippen LogP contribution >= 0.6 is 0 Å². The molecule has 2 rings (SSSR count). The van der Waals surface area contributed by atoms with Crippen molar-refractivity contribution >= 4 is 0 Å². The van der Waals surface area contributed by atoms with E-state index in [-0.39, 0.29) is 6.10 Å². The Bertz CT molecular complexity index is 375. The highest BCUT2D eigenvalue weighted by Gasteiger charge is 2.19. The molecule has 2 unspecified atom stereocenters. The fraction of sp³-hybridized carbons (Fsp3) is 0.625. The Balaban J connectivity index is 2.11. The van der Waals surface area contributed by atoms with Gasteiger partial charge in [0.25, 0.3) is 0 Å². The summed E-state index contributed by atoms with van der Waals surface area (Å²) in [5.41, 5.74) is 7.54. The number of hydrogen-bond acceptors (Lipinski definition) is 2. The van der Waals surface area contributed by atoms with Crippen LogP contribution in [0.5, 0.6) is 5.75 Å². The van der Waals surface area contributed by atoms with E-state index in [9.17, 15) is 0 Å². The molecule has 0 aliphatic heterocycles. The van der Waals surface area contributed by atoms with Crippen molar-refractivity contribution in [3.05, 3.63) is 29.8 Å². The molecular formula is C16H25NO. The van der Waals surface area contributed by atoms with Crippen LogP contribution in [-0.2, 0) is 0 Å². The number of nitrogens with two attached hydrogens (primary N) is 1. The van der Waals surface area contributed by atoms with Crippen molar-refractivity contribution in [3.63, 3.8) is 0 Å². The highest BCUT2D eigenvalue weighted by Crippen LogP contribution is 2.32. The minimum Gasteiger partial charge on any atom is -0.491 e. The number of rotatable bonds is 3. The van der Waals surface area contributed by atoms with Gasteiger partial charge in [-0.25, -0.2) is 0 Å². The zero-order valence-electron chi connectivity index (χ0n) is 11.6. The molecule has 0 spiro atoms. The minimum absolute atomic E-state index is 0.233. The maximum atomic E-state index is 6.15. The first kappa shape index (κ1) is 13.4. The second kappa shape index (κ2) is 6.24. The van der Waals surface area contributed by atoms with Gasteiger partial charge in [-0.1, -0.05) is 25.0 Å². The summed E-state index contributed by atoms with van der Waals surface area (Å²) < 4.78 is 5.77. The monoisotopic (exact) mass is 247 g/mol. The summed E-state index contributed by atoms with van der Waals surface area (Å²) >= 11 is 0. The molecule has 2 atom stereocenters. The number of ether oxygens (including phenoxy) is 1. The Kier molecular flexibility index (Phi) is 4.65. The maximum Gasteiger partial charge on any atom is 0.119 e. The third-order valence-corrected chi connectivity index (χ3v) is 3.67. The zero-order valence-corrected chi connectivity index (χ0v) is 11.6. The van der Waals surface area contributed by atoms with E-state index in [4.69, 9.17) is 10.5 Å². The zero-order chi connectivity index (χ0) is 13.0. The van der Waals surface area contributed by atoms with E-state index in [2.05, 4.69) is 32.0 Å². The summed E-state index contributed by atoms with van der Waals surface area (Å²) in [4.78, 5) is 0.